The van der Waals surface area contributed by atoms with Crippen LogP contribution < -0.4 is 15.5 Å². The van der Waals surface area contributed by atoms with E-state index >= 15 is 0 Å². The molecule has 1 atom stereocenters. The lowest BCUT2D eigenvalue weighted by Gasteiger charge is -2.26. The summed E-state index contributed by atoms with van der Waals surface area (Å²) in [6, 6.07) is 0. The summed E-state index contributed by atoms with van der Waals surface area (Å²) in [7, 11) is 7.26. The van der Waals surface area contributed by atoms with Crippen LogP contribution in [0.1, 0.15) is 6.42 Å². The monoisotopic (exact) mass is 282 g/mol. The van der Waals surface area contributed by atoms with Gasteiger partial charge in [-0.3, -0.25) is 0 Å². The number of ether oxygens (including phenoxy) is 2. The van der Waals surface area contributed by atoms with Gasteiger partial charge in [-0.05, 0) is 0 Å². The summed E-state index contributed by atoms with van der Waals surface area (Å²) in [6.07, 6.45) is 0.862. The van der Waals surface area contributed by atoms with Crippen molar-refractivity contribution in [3.8, 4) is 0 Å². The summed E-state index contributed by atoms with van der Waals surface area (Å²) >= 11 is 0. The quantitative estimate of drug-likeness (QED) is 0.765. The molecule has 0 bridgehead atoms. The number of hydrogen-bond donors (Lipinski definition) is 2. The zero-order valence-corrected chi connectivity index (χ0v) is 12.4. The van der Waals surface area contributed by atoms with Gasteiger partial charge in [0.2, 0.25) is 17.8 Å². The molecule has 8 heteroatoms. The fourth-order valence-corrected chi connectivity index (χ4v) is 1.96. The van der Waals surface area contributed by atoms with Crippen LogP contribution in [-0.2, 0) is 9.47 Å². The molecule has 2 N–H and O–H groups in total. The van der Waals surface area contributed by atoms with Crippen LogP contribution >= 0.6 is 0 Å². The molecule has 112 valence electrons. The van der Waals surface area contributed by atoms with Crippen LogP contribution in [0.5, 0.6) is 0 Å². The minimum absolute atomic E-state index is 0.301. The van der Waals surface area contributed by atoms with Crippen LogP contribution in [0.25, 0.3) is 0 Å². The molecular formula is C12H22N6O2. The van der Waals surface area contributed by atoms with Gasteiger partial charge in [0.1, 0.15) is 5.60 Å². The molecule has 0 aromatic carbocycles. The number of rotatable bonds is 6. The van der Waals surface area contributed by atoms with Crippen molar-refractivity contribution < 1.29 is 9.47 Å². The first kappa shape index (κ1) is 14.7. The first-order valence-electron chi connectivity index (χ1n) is 6.56. The van der Waals surface area contributed by atoms with Crippen molar-refractivity contribution in [1.29, 1.82) is 0 Å². The topological polar surface area (TPSA) is 84.4 Å². The lowest BCUT2D eigenvalue weighted by atomic mass is 10.0. The third-order valence-electron chi connectivity index (χ3n) is 3.32. The largest absolute Gasteiger partial charge is 0.378 e. The summed E-state index contributed by atoms with van der Waals surface area (Å²) in [5, 5.41) is 6.14. The molecule has 0 amide bonds. The van der Waals surface area contributed by atoms with Crippen LogP contribution in [0.3, 0.4) is 0 Å². The average molecular weight is 282 g/mol. The molecule has 1 fully saturated rings. The van der Waals surface area contributed by atoms with Crippen molar-refractivity contribution in [1.82, 2.24) is 15.0 Å². The van der Waals surface area contributed by atoms with Gasteiger partial charge in [-0.1, -0.05) is 0 Å². The predicted octanol–water partition coefficient (Wildman–Crippen LogP) is 0.197. The van der Waals surface area contributed by atoms with E-state index in [2.05, 4.69) is 25.6 Å². The van der Waals surface area contributed by atoms with Crippen LogP contribution in [0.4, 0.5) is 17.8 Å². The molecule has 1 aliphatic rings. The van der Waals surface area contributed by atoms with Crippen LogP contribution in [-0.4, -0.2) is 68.6 Å². The Morgan fingerprint density at radius 1 is 1.30 bits per heavy atom. The molecule has 1 unspecified atom stereocenters. The molecule has 20 heavy (non-hydrogen) atoms. The molecule has 0 radical (unpaired) electrons. The molecule has 0 spiro atoms. The Hall–Kier alpha value is -1.67. The maximum absolute atomic E-state index is 5.57. The van der Waals surface area contributed by atoms with E-state index in [0.29, 0.717) is 31.0 Å². The van der Waals surface area contributed by atoms with E-state index in [1.807, 2.05) is 19.0 Å². The second-order valence-electron chi connectivity index (χ2n) is 4.97. The van der Waals surface area contributed by atoms with Gasteiger partial charge in [-0.25, -0.2) is 0 Å². The predicted molar refractivity (Wildman–Crippen MR) is 77.4 cm³/mol. The molecule has 1 saturated heterocycles. The third kappa shape index (κ3) is 3.26. The Kier molecular flexibility index (Phi) is 4.56. The SMILES string of the molecule is CNc1nc(NCC2(OC)CCOC2)nc(N(C)C)n1. The lowest BCUT2D eigenvalue weighted by molar-refractivity contribution is -0.00631. The normalized spacial score (nSPS) is 21.8. The zero-order chi connectivity index (χ0) is 14.6. The standard InChI is InChI=1S/C12H22N6O2/c1-13-9-15-10(17-11(16-9)18(2)3)14-7-12(19-4)5-6-20-8-12/h5-8H2,1-4H3,(H2,13,14,15,16,17). The number of hydrogen-bond acceptors (Lipinski definition) is 8. The average Bonchev–Trinajstić information content (AvgIpc) is 2.94. The highest BCUT2D eigenvalue weighted by molar-refractivity contribution is 5.42. The van der Waals surface area contributed by atoms with Gasteiger partial charge in [0, 0.05) is 47.8 Å². The molecule has 8 nitrogen and oxygen atoms in total. The van der Waals surface area contributed by atoms with E-state index in [-0.39, 0.29) is 5.60 Å². The summed E-state index contributed by atoms with van der Waals surface area (Å²) in [5.41, 5.74) is -0.301. The third-order valence-corrected chi connectivity index (χ3v) is 3.32. The van der Waals surface area contributed by atoms with E-state index in [4.69, 9.17) is 9.47 Å². The molecule has 0 aliphatic carbocycles. The number of nitrogens with zero attached hydrogens (tertiary/aromatic N) is 4. The number of nitrogens with one attached hydrogen (secondary N) is 2. The number of methoxy groups -OCH3 is 1. The van der Waals surface area contributed by atoms with Crippen molar-refractivity contribution in [3.63, 3.8) is 0 Å². The van der Waals surface area contributed by atoms with Gasteiger partial charge in [0.25, 0.3) is 0 Å². The lowest BCUT2D eigenvalue weighted by Crippen LogP contribution is -2.40. The Morgan fingerprint density at radius 3 is 2.60 bits per heavy atom. The molecule has 1 aromatic heterocycles. The van der Waals surface area contributed by atoms with E-state index in [1.165, 1.54) is 0 Å². The molecule has 1 aromatic rings. The molecule has 0 saturated carbocycles. The van der Waals surface area contributed by atoms with Crippen molar-refractivity contribution in [3.05, 3.63) is 0 Å². The van der Waals surface area contributed by atoms with Crippen molar-refractivity contribution in [2.75, 3.05) is 63.5 Å². The zero-order valence-electron chi connectivity index (χ0n) is 12.4. The second kappa shape index (κ2) is 6.19. The highest BCUT2D eigenvalue weighted by Crippen LogP contribution is 2.23. The Morgan fingerprint density at radius 2 is 2.05 bits per heavy atom. The second-order valence-corrected chi connectivity index (χ2v) is 4.97. The Balaban J connectivity index is 2.10. The van der Waals surface area contributed by atoms with Gasteiger partial charge < -0.3 is 25.0 Å². The molecule has 1 aliphatic heterocycles. The van der Waals surface area contributed by atoms with Gasteiger partial charge in [-0.15, -0.1) is 0 Å². The molecule has 2 heterocycles. The molecule has 2 rings (SSSR count). The van der Waals surface area contributed by atoms with Gasteiger partial charge in [0.15, 0.2) is 0 Å². The molecular weight excluding hydrogens is 260 g/mol. The Labute approximate surface area is 118 Å². The Bertz CT molecular complexity index is 448. The van der Waals surface area contributed by atoms with Crippen LogP contribution in [0.2, 0.25) is 0 Å². The first-order valence-corrected chi connectivity index (χ1v) is 6.56. The van der Waals surface area contributed by atoms with Crippen molar-refractivity contribution >= 4 is 17.8 Å². The van der Waals surface area contributed by atoms with Gasteiger partial charge >= 0.3 is 0 Å². The minimum Gasteiger partial charge on any atom is -0.378 e. The van der Waals surface area contributed by atoms with E-state index in [1.54, 1.807) is 14.2 Å². The van der Waals surface area contributed by atoms with Crippen LogP contribution in [0, 0.1) is 0 Å². The smallest absolute Gasteiger partial charge is 0.231 e. The van der Waals surface area contributed by atoms with E-state index < -0.39 is 0 Å². The fraction of sp³-hybridized carbons (Fsp3) is 0.750. The summed E-state index contributed by atoms with van der Waals surface area (Å²) < 4.78 is 11.0. The minimum atomic E-state index is -0.301. The highest BCUT2D eigenvalue weighted by Gasteiger charge is 2.35. The maximum atomic E-state index is 5.57. The summed E-state index contributed by atoms with van der Waals surface area (Å²) in [6.45, 7) is 1.90. The van der Waals surface area contributed by atoms with Crippen molar-refractivity contribution in [2.24, 2.45) is 0 Å². The first-order chi connectivity index (χ1) is 9.58. The number of aromatic nitrogens is 3. The van der Waals surface area contributed by atoms with Crippen molar-refractivity contribution in [2.45, 2.75) is 12.0 Å². The maximum Gasteiger partial charge on any atom is 0.231 e. The van der Waals surface area contributed by atoms with Gasteiger partial charge in [0.05, 0.1) is 6.61 Å². The number of anilines is 3. The fourth-order valence-electron chi connectivity index (χ4n) is 1.96. The summed E-state index contributed by atoms with van der Waals surface area (Å²) in [5.74, 6) is 1.65. The van der Waals surface area contributed by atoms with E-state index in [9.17, 15) is 0 Å². The van der Waals surface area contributed by atoms with Crippen LogP contribution in [0.15, 0.2) is 0 Å². The summed E-state index contributed by atoms with van der Waals surface area (Å²) in [4.78, 5) is 14.8. The van der Waals surface area contributed by atoms with Gasteiger partial charge in [-0.2, -0.15) is 15.0 Å². The van der Waals surface area contributed by atoms with E-state index in [0.717, 1.165) is 13.0 Å². The highest BCUT2D eigenvalue weighted by atomic mass is 16.5.